The van der Waals surface area contributed by atoms with E-state index >= 15 is 0 Å². The summed E-state index contributed by atoms with van der Waals surface area (Å²) in [4.78, 5) is 37.7. The average molecular weight is 432 g/mol. The molecule has 0 radical (unpaired) electrons. The lowest BCUT2D eigenvalue weighted by Crippen LogP contribution is -2.46. The molecule has 1 saturated heterocycles. The van der Waals surface area contributed by atoms with E-state index in [1.807, 2.05) is 12.1 Å². The summed E-state index contributed by atoms with van der Waals surface area (Å²) in [6.45, 7) is 1.68. The van der Waals surface area contributed by atoms with Crippen LogP contribution in [0.3, 0.4) is 0 Å². The molecule has 9 heteroatoms. The smallest absolute Gasteiger partial charge is 0.274 e. The first-order chi connectivity index (χ1) is 15.6. The Labute approximate surface area is 185 Å². The first kappa shape index (κ1) is 21.4. The number of carbonyl (C=O) groups is 2. The van der Waals surface area contributed by atoms with Crippen LogP contribution in [0.25, 0.3) is 11.3 Å². The van der Waals surface area contributed by atoms with Gasteiger partial charge in [0.15, 0.2) is 11.5 Å². The maximum Gasteiger partial charge on any atom is 0.274 e. The van der Waals surface area contributed by atoms with Gasteiger partial charge in [0.05, 0.1) is 18.3 Å². The molecule has 2 amide bonds. The Bertz CT molecular complexity index is 1100. The summed E-state index contributed by atoms with van der Waals surface area (Å²) in [5.41, 5.74) is 8.68. The van der Waals surface area contributed by atoms with Crippen LogP contribution in [-0.4, -0.2) is 45.9 Å². The number of piperidine rings is 1. The van der Waals surface area contributed by atoms with Gasteiger partial charge >= 0.3 is 0 Å². The lowest BCUT2D eigenvalue weighted by Gasteiger charge is -2.23. The van der Waals surface area contributed by atoms with E-state index in [0.29, 0.717) is 16.9 Å². The van der Waals surface area contributed by atoms with Crippen molar-refractivity contribution < 1.29 is 9.59 Å². The van der Waals surface area contributed by atoms with Crippen molar-refractivity contribution in [3.63, 3.8) is 0 Å². The fraction of sp³-hybridized carbons (Fsp3) is 0.261. The number of carbonyl (C=O) groups excluding carboxylic acids is 2. The van der Waals surface area contributed by atoms with Gasteiger partial charge < -0.3 is 21.7 Å². The number of nitrogen functional groups attached to an aromatic ring is 1. The second kappa shape index (κ2) is 9.97. The van der Waals surface area contributed by atoms with Gasteiger partial charge in [-0.1, -0.05) is 18.2 Å². The Kier molecular flexibility index (Phi) is 6.66. The van der Waals surface area contributed by atoms with Crippen molar-refractivity contribution in [2.45, 2.75) is 25.3 Å². The van der Waals surface area contributed by atoms with E-state index in [4.69, 9.17) is 5.73 Å². The molecule has 3 heterocycles. The van der Waals surface area contributed by atoms with Crippen molar-refractivity contribution in [3.8, 4) is 11.3 Å². The third-order valence-electron chi connectivity index (χ3n) is 5.18. The van der Waals surface area contributed by atoms with Crippen LogP contribution in [-0.2, 0) is 11.2 Å². The van der Waals surface area contributed by atoms with E-state index < -0.39 is 0 Å². The monoisotopic (exact) mass is 431 g/mol. The van der Waals surface area contributed by atoms with E-state index in [1.54, 1.807) is 36.7 Å². The van der Waals surface area contributed by atoms with E-state index in [0.717, 1.165) is 31.5 Å². The largest absolute Gasteiger partial charge is 0.382 e. The van der Waals surface area contributed by atoms with Gasteiger partial charge in [0, 0.05) is 36.2 Å². The number of hydrogen-bond acceptors (Lipinski definition) is 7. The number of pyridine rings is 1. The Hall–Kier alpha value is -3.85. The summed E-state index contributed by atoms with van der Waals surface area (Å²) in [5.74, 6) is -0.415. The molecule has 1 aliphatic rings. The first-order valence-electron chi connectivity index (χ1n) is 10.5. The average Bonchev–Trinajstić information content (AvgIpc) is 2.81. The van der Waals surface area contributed by atoms with Crippen LogP contribution in [0.4, 0.5) is 11.5 Å². The predicted octanol–water partition coefficient (Wildman–Crippen LogP) is 1.78. The highest BCUT2D eigenvalue weighted by molar-refractivity contribution is 5.97. The molecule has 4 rings (SSSR count). The van der Waals surface area contributed by atoms with Crippen LogP contribution >= 0.6 is 0 Å². The maximum atomic E-state index is 12.7. The summed E-state index contributed by atoms with van der Waals surface area (Å²) in [6.07, 6.45) is 6.98. The Morgan fingerprint density at radius 2 is 2.09 bits per heavy atom. The molecule has 9 nitrogen and oxygen atoms in total. The molecule has 1 atom stereocenters. The second-order valence-electron chi connectivity index (χ2n) is 7.67. The molecule has 1 aromatic carbocycles. The number of hydrogen-bond donors (Lipinski definition) is 4. The van der Waals surface area contributed by atoms with Gasteiger partial charge in [0.2, 0.25) is 5.91 Å². The van der Waals surface area contributed by atoms with Gasteiger partial charge in [-0.25, -0.2) is 9.97 Å². The zero-order valence-corrected chi connectivity index (χ0v) is 17.5. The molecular weight excluding hydrogens is 406 g/mol. The summed E-state index contributed by atoms with van der Waals surface area (Å²) < 4.78 is 0. The molecule has 0 spiro atoms. The van der Waals surface area contributed by atoms with E-state index in [1.165, 1.54) is 6.20 Å². The van der Waals surface area contributed by atoms with E-state index in [9.17, 15) is 9.59 Å². The summed E-state index contributed by atoms with van der Waals surface area (Å²) in [7, 11) is 0. The standard InChI is InChI=1S/C23H25N7O2/c24-22-21(23(32)29-18-7-3-9-26-13-18)30-19(14-27-22)16-5-1-6-17(11-16)28-20(31)10-15-4-2-8-25-12-15/h1-2,4-6,8,11-12,14,18,26H,3,7,9-10,13H2,(H2,24,27)(H,28,31)(H,29,32)/t18-/m0/s1. The van der Waals surface area contributed by atoms with Gasteiger partial charge in [-0.15, -0.1) is 0 Å². The third-order valence-corrected chi connectivity index (χ3v) is 5.18. The predicted molar refractivity (Wildman–Crippen MR) is 122 cm³/mol. The minimum Gasteiger partial charge on any atom is -0.382 e. The minimum absolute atomic E-state index is 0.0412. The topological polar surface area (TPSA) is 135 Å². The molecule has 3 aromatic rings. The van der Waals surface area contributed by atoms with E-state index in [-0.39, 0.29) is 35.8 Å². The number of nitrogens with one attached hydrogen (secondary N) is 3. The van der Waals surface area contributed by atoms with Crippen molar-refractivity contribution in [2.24, 2.45) is 0 Å². The first-order valence-corrected chi connectivity index (χ1v) is 10.5. The Morgan fingerprint density at radius 3 is 2.88 bits per heavy atom. The molecular formula is C23H25N7O2. The van der Waals surface area contributed by atoms with Crippen LogP contribution in [0, 0.1) is 0 Å². The number of nitrogens with two attached hydrogens (primary N) is 1. The van der Waals surface area contributed by atoms with Gasteiger partial charge in [-0.05, 0) is 43.1 Å². The highest BCUT2D eigenvalue weighted by Gasteiger charge is 2.20. The van der Waals surface area contributed by atoms with Crippen molar-refractivity contribution in [2.75, 3.05) is 24.1 Å². The molecule has 0 aliphatic carbocycles. The van der Waals surface area contributed by atoms with Crippen LogP contribution in [0.15, 0.2) is 55.0 Å². The molecule has 5 N–H and O–H groups in total. The molecule has 0 saturated carbocycles. The zero-order chi connectivity index (χ0) is 22.3. The summed E-state index contributed by atoms with van der Waals surface area (Å²) in [5, 5.41) is 9.11. The van der Waals surface area contributed by atoms with Crippen molar-refractivity contribution in [3.05, 3.63) is 66.2 Å². The number of amides is 2. The molecule has 2 aromatic heterocycles. The molecule has 0 unspecified atom stereocenters. The summed E-state index contributed by atoms with van der Waals surface area (Å²) >= 11 is 0. The van der Waals surface area contributed by atoms with Crippen LogP contribution < -0.4 is 21.7 Å². The fourth-order valence-corrected chi connectivity index (χ4v) is 3.58. The minimum atomic E-state index is -0.341. The number of benzene rings is 1. The Balaban J connectivity index is 1.48. The molecule has 164 valence electrons. The van der Waals surface area contributed by atoms with Crippen molar-refractivity contribution in [1.29, 1.82) is 0 Å². The molecule has 32 heavy (non-hydrogen) atoms. The fourth-order valence-electron chi connectivity index (χ4n) is 3.58. The van der Waals surface area contributed by atoms with Crippen molar-refractivity contribution >= 4 is 23.3 Å². The lowest BCUT2D eigenvalue weighted by molar-refractivity contribution is -0.115. The number of nitrogens with zero attached hydrogens (tertiary/aromatic N) is 3. The van der Waals surface area contributed by atoms with Crippen LogP contribution in [0.2, 0.25) is 0 Å². The highest BCUT2D eigenvalue weighted by atomic mass is 16.2. The summed E-state index contributed by atoms with van der Waals surface area (Å²) in [6, 6.07) is 10.9. The number of rotatable bonds is 6. The van der Waals surface area contributed by atoms with Gasteiger partial charge in [0.1, 0.15) is 0 Å². The molecule has 1 fully saturated rings. The van der Waals surface area contributed by atoms with Gasteiger partial charge in [-0.2, -0.15) is 0 Å². The molecule has 0 bridgehead atoms. The quantitative estimate of drug-likeness (QED) is 0.467. The zero-order valence-electron chi connectivity index (χ0n) is 17.5. The number of anilines is 2. The van der Waals surface area contributed by atoms with Crippen molar-refractivity contribution in [1.82, 2.24) is 25.6 Å². The highest BCUT2D eigenvalue weighted by Crippen LogP contribution is 2.22. The molecule has 1 aliphatic heterocycles. The van der Waals surface area contributed by atoms with Gasteiger partial charge in [-0.3, -0.25) is 14.6 Å². The maximum absolute atomic E-state index is 12.7. The number of aromatic nitrogens is 3. The van der Waals surface area contributed by atoms with E-state index in [2.05, 4.69) is 30.9 Å². The SMILES string of the molecule is Nc1ncc(-c2cccc(NC(=O)Cc3cccnc3)c2)nc1C(=O)N[C@H]1CCCNC1. The lowest BCUT2D eigenvalue weighted by atomic mass is 10.1. The third kappa shape index (κ3) is 5.44. The van der Waals surface area contributed by atoms with Gasteiger partial charge in [0.25, 0.3) is 5.91 Å². The van der Waals surface area contributed by atoms with Crippen LogP contribution in [0.5, 0.6) is 0 Å². The van der Waals surface area contributed by atoms with Crippen LogP contribution in [0.1, 0.15) is 28.9 Å². The Morgan fingerprint density at radius 1 is 1.19 bits per heavy atom. The second-order valence-corrected chi connectivity index (χ2v) is 7.67. The normalized spacial score (nSPS) is 15.7.